The largest absolute Gasteiger partial charge is 0.309 e. The molecule has 2 rings (SSSR count). The molecule has 0 atom stereocenters. The van der Waals surface area contributed by atoms with Gasteiger partial charge >= 0.3 is 0 Å². The Labute approximate surface area is 98.6 Å². The summed E-state index contributed by atoms with van der Waals surface area (Å²) in [5.74, 6) is -1.11. The summed E-state index contributed by atoms with van der Waals surface area (Å²) in [5, 5.41) is 4.67. The van der Waals surface area contributed by atoms with Gasteiger partial charge in [-0.15, -0.1) is 0 Å². The molecule has 0 spiro atoms. The Hall–Kier alpha value is -1.49. The fourth-order valence-corrected chi connectivity index (χ4v) is 1.89. The summed E-state index contributed by atoms with van der Waals surface area (Å²) in [6.45, 7) is 0.781. The molecule has 1 aromatic heterocycles. The van der Waals surface area contributed by atoms with E-state index in [2.05, 4.69) is 5.10 Å². The summed E-state index contributed by atoms with van der Waals surface area (Å²) in [6.07, 6.45) is 0.646. The van der Waals surface area contributed by atoms with Gasteiger partial charge in [0.1, 0.15) is 11.6 Å². The van der Waals surface area contributed by atoms with Crippen molar-refractivity contribution in [2.75, 3.05) is 20.6 Å². The van der Waals surface area contributed by atoms with Gasteiger partial charge in [-0.05, 0) is 20.2 Å². The minimum absolute atomic E-state index is 0.427. The van der Waals surface area contributed by atoms with Gasteiger partial charge in [0, 0.05) is 26.1 Å². The van der Waals surface area contributed by atoms with E-state index in [1.54, 1.807) is 7.05 Å². The molecule has 0 aliphatic carbocycles. The highest BCUT2D eigenvalue weighted by atomic mass is 19.1. The van der Waals surface area contributed by atoms with Crippen LogP contribution in [-0.4, -0.2) is 35.3 Å². The van der Waals surface area contributed by atoms with Crippen LogP contribution in [0.3, 0.4) is 0 Å². The molecule has 0 aliphatic heterocycles. The second kappa shape index (κ2) is 4.41. The van der Waals surface area contributed by atoms with Crippen molar-refractivity contribution >= 4 is 10.9 Å². The Morgan fingerprint density at radius 2 is 2.00 bits per heavy atom. The second-order valence-corrected chi connectivity index (χ2v) is 4.41. The quantitative estimate of drug-likeness (QED) is 0.816. The fourth-order valence-electron chi connectivity index (χ4n) is 1.89. The third kappa shape index (κ3) is 2.29. The third-order valence-electron chi connectivity index (χ3n) is 2.74. The topological polar surface area (TPSA) is 21.1 Å². The maximum absolute atomic E-state index is 13.7. The first-order valence-corrected chi connectivity index (χ1v) is 5.44. The van der Waals surface area contributed by atoms with Crippen molar-refractivity contribution in [1.29, 1.82) is 0 Å². The number of benzene rings is 1. The second-order valence-electron chi connectivity index (χ2n) is 4.41. The van der Waals surface area contributed by atoms with Gasteiger partial charge in [0.2, 0.25) is 0 Å². The molecule has 0 saturated heterocycles. The van der Waals surface area contributed by atoms with Crippen LogP contribution < -0.4 is 0 Å². The van der Waals surface area contributed by atoms with Gasteiger partial charge in [-0.25, -0.2) is 8.78 Å². The number of fused-ring (bicyclic) bond motifs is 1. The maximum Gasteiger partial charge on any atom is 0.137 e. The standard InChI is InChI=1S/C12H15F2N3/c1-16(2)5-4-10-12-9(14)6-8(13)7-11(12)17(3)15-10/h6-7H,4-5H2,1-3H3. The van der Waals surface area contributed by atoms with Gasteiger partial charge in [-0.3, -0.25) is 4.68 Å². The van der Waals surface area contributed by atoms with Crippen LogP contribution in [0.2, 0.25) is 0 Å². The lowest BCUT2D eigenvalue weighted by Gasteiger charge is -2.07. The van der Waals surface area contributed by atoms with E-state index in [1.807, 2.05) is 19.0 Å². The Morgan fingerprint density at radius 3 is 2.65 bits per heavy atom. The predicted molar refractivity (Wildman–Crippen MR) is 62.9 cm³/mol. The summed E-state index contributed by atoms with van der Waals surface area (Å²) in [4.78, 5) is 2.00. The van der Waals surface area contributed by atoms with Gasteiger partial charge in [0.25, 0.3) is 0 Å². The molecule has 1 heterocycles. The summed E-state index contributed by atoms with van der Waals surface area (Å²) >= 11 is 0. The normalized spacial score (nSPS) is 11.6. The summed E-state index contributed by atoms with van der Waals surface area (Å²) in [6, 6.07) is 2.22. The zero-order valence-corrected chi connectivity index (χ0v) is 10.2. The third-order valence-corrected chi connectivity index (χ3v) is 2.74. The van der Waals surface area contributed by atoms with Crippen LogP contribution in [0, 0.1) is 11.6 Å². The number of nitrogens with zero attached hydrogens (tertiary/aromatic N) is 3. The average Bonchev–Trinajstić information content (AvgIpc) is 2.53. The number of aromatic nitrogens is 2. The van der Waals surface area contributed by atoms with Gasteiger partial charge in [0.15, 0.2) is 0 Å². The predicted octanol–water partition coefficient (Wildman–Crippen LogP) is 1.96. The lowest BCUT2D eigenvalue weighted by Crippen LogP contribution is -2.15. The monoisotopic (exact) mass is 239 g/mol. The molecule has 2 aromatic rings. The van der Waals surface area contributed by atoms with E-state index in [-0.39, 0.29) is 0 Å². The van der Waals surface area contributed by atoms with E-state index in [1.165, 1.54) is 10.7 Å². The minimum atomic E-state index is -0.572. The van der Waals surface area contributed by atoms with Crippen molar-refractivity contribution in [3.05, 3.63) is 29.5 Å². The molecule has 5 heteroatoms. The Balaban J connectivity index is 2.50. The zero-order valence-electron chi connectivity index (χ0n) is 10.2. The van der Waals surface area contributed by atoms with Crippen LogP contribution >= 0.6 is 0 Å². The number of likely N-dealkylation sites (N-methyl/N-ethyl adjacent to an activating group) is 1. The van der Waals surface area contributed by atoms with Crippen molar-refractivity contribution in [3.63, 3.8) is 0 Å². The van der Waals surface area contributed by atoms with Gasteiger partial charge in [0.05, 0.1) is 16.6 Å². The molecule has 1 aromatic carbocycles. The molecule has 0 fully saturated rings. The van der Waals surface area contributed by atoms with E-state index < -0.39 is 11.6 Å². The smallest absolute Gasteiger partial charge is 0.137 e. The van der Waals surface area contributed by atoms with Crippen LogP contribution in [0.15, 0.2) is 12.1 Å². The van der Waals surface area contributed by atoms with E-state index in [0.29, 0.717) is 23.0 Å². The van der Waals surface area contributed by atoms with E-state index in [0.717, 1.165) is 12.6 Å². The number of aryl methyl sites for hydroxylation is 1. The highest BCUT2D eigenvalue weighted by Gasteiger charge is 2.14. The van der Waals surface area contributed by atoms with Gasteiger partial charge < -0.3 is 4.90 Å². The molecule has 0 aliphatic rings. The molecule has 0 saturated carbocycles. The minimum Gasteiger partial charge on any atom is -0.309 e. The van der Waals surface area contributed by atoms with Gasteiger partial charge in [-0.1, -0.05) is 0 Å². The average molecular weight is 239 g/mol. The Bertz CT molecular complexity index is 546. The Kier molecular flexibility index (Phi) is 3.11. The maximum atomic E-state index is 13.7. The summed E-state index contributed by atoms with van der Waals surface area (Å²) in [5.41, 5.74) is 1.17. The molecule has 0 N–H and O–H groups in total. The van der Waals surface area contributed by atoms with Gasteiger partial charge in [-0.2, -0.15) is 5.10 Å². The van der Waals surface area contributed by atoms with Crippen molar-refractivity contribution in [3.8, 4) is 0 Å². The molecular weight excluding hydrogens is 224 g/mol. The van der Waals surface area contributed by atoms with Crippen LogP contribution in [-0.2, 0) is 13.5 Å². The SMILES string of the molecule is CN(C)CCc1nn(C)c2cc(F)cc(F)c12. The molecule has 0 bridgehead atoms. The van der Waals surface area contributed by atoms with Crippen LogP contribution in [0.1, 0.15) is 5.69 Å². The molecule has 0 amide bonds. The van der Waals surface area contributed by atoms with Crippen LogP contribution in [0.4, 0.5) is 8.78 Å². The lowest BCUT2D eigenvalue weighted by molar-refractivity contribution is 0.411. The molecule has 17 heavy (non-hydrogen) atoms. The highest BCUT2D eigenvalue weighted by molar-refractivity contribution is 5.82. The first kappa shape index (κ1) is 12.0. The fraction of sp³-hybridized carbons (Fsp3) is 0.417. The highest BCUT2D eigenvalue weighted by Crippen LogP contribution is 2.23. The van der Waals surface area contributed by atoms with E-state index in [9.17, 15) is 8.78 Å². The van der Waals surface area contributed by atoms with Crippen LogP contribution in [0.5, 0.6) is 0 Å². The zero-order chi connectivity index (χ0) is 12.6. The van der Waals surface area contributed by atoms with Crippen LogP contribution in [0.25, 0.3) is 10.9 Å². The molecular formula is C12H15F2N3. The van der Waals surface area contributed by atoms with E-state index >= 15 is 0 Å². The number of halogens is 2. The first-order valence-electron chi connectivity index (χ1n) is 5.44. The number of rotatable bonds is 3. The Morgan fingerprint density at radius 1 is 1.29 bits per heavy atom. The summed E-state index contributed by atoms with van der Waals surface area (Å²) < 4.78 is 28.4. The number of hydrogen-bond donors (Lipinski definition) is 0. The van der Waals surface area contributed by atoms with Crippen molar-refractivity contribution in [2.24, 2.45) is 7.05 Å². The lowest BCUT2D eigenvalue weighted by atomic mass is 10.1. The van der Waals surface area contributed by atoms with Crippen molar-refractivity contribution in [2.45, 2.75) is 6.42 Å². The molecule has 0 unspecified atom stereocenters. The first-order chi connectivity index (χ1) is 7.99. The van der Waals surface area contributed by atoms with Crippen molar-refractivity contribution < 1.29 is 8.78 Å². The van der Waals surface area contributed by atoms with E-state index in [4.69, 9.17) is 0 Å². The number of hydrogen-bond acceptors (Lipinski definition) is 2. The molecule has 0 radical (unpaired) electrons. The molecule has 3 nitrogen and oxygen atoms in total. The van der Waals surface area contributed by atoms with Crippen molar-refractivity contribution in [1.82, 2.24) is 14.7 Å². The summed E-state index contributed by atoms with van der Waals surface area (Å²) in [7, 11) is 5.59. The molecule has 92 valence electrons.